The van der Waals surface area contributed by atoms with Gasteiger partial charge in [-0.05, 0) is 45.0 Å². The second-order valence-electron chi connectivity index (χ2n) is 5.22. The summed E-state index contributed by atoms with van der Waals surface area (Å²) in [4.78, 5) is 32.4. The van der Waals surface area contributed by atoms with Gasteiger partial charge in [-0.3, -0.25) is 14.7 Å². The second-order valence-corrected chi connectivity index (χ2v) is 5.22. The summed E-state index contributed by atoms with van der Waals surface area (Å²) in [5.74, 6) is -0.515. The molecule has 0 bridgehead atoms. The van der Waals surface area contributed by atoms with Gasteiger partial charge in [-0.25, -0.2) is 14.8 Å². The van der Waals surface area contributed by atoms with Crippen LogP contribution >= 0.6 is 0 Å². The first-order valence-corrected chi connectivity index (χ1v) is 7.25. The van der Waals surface area contributed by atoms with Crippen LogP contribution in [0.5, 0.6) is 0 Å². The van der Waals surface area contributed by atoms with Crippen molar-refractivity contribution in [1.29, 1.82) is 0 Å². The number of oxazole rings is 1. The van der Waals surface area contributed by atoms with Gasteiger partial charge in [0.2, 0.25) is 5.95 Å². The molecule has 7 heteroatoms. The number of rotatable bonds is 3. The van der Waals surface area contributed by atoms with E-state index in [2.05, 4.69) is 15.3 Å². The average Bonchev–Trinajstić information content (AvgIpc) is 2.80. The largest absolute Gasteiger partial charge is 0.419 e. The summed E-state index contributed by atoms with van der Waals surface area (Å²) < 4.78 is 6.60. The Kier molecular flexibility index (Phi) is 3.69. The molecule has 0 spiro atoms. The van der Waals surface area contributed by atoms with E-state index in [1.54, 1.807) is 18.2 Å². The number of anilines is 1. The summed E-state index contributed by atoms with van der Waals surface area (Å²) in [6, 6.07) is 6.66. The second kappa shape index (κ2) is 5.68. The number of benzene rings is 1. The molecule has 2 aromatic heterocycles. The molecule has 0 saturated heterocycles. The number of carbonyl (C=O) groups excluding carboxylic acids is 1. The minimum atomic E-state index is -0.433. The van der Waals surface area contributed by atoms with Crippen molar-refractivity contribution >= 4 is 23.0 Å². The number of hydrogen-bond donors (Lipinski definition) is 1. The maximum atomic E-state index is 12.4. The van der Waals surface area contributed by atoms with E-state index in [-0.39, 0.29) is 11.9 Å². The summed E-state index contributed by atoms with van der Waals surface area (Å²) in [6.45, 7) is 5.98. The van der Waals surface area contributed by atoms with Crippen LogP contribution in [0.3, 0.4) is 0 Å². The van der Waals surface area contributed by atoms with E-state index in [4.69, 9.17) is 4.42 Å². The van der Waals surface area contributed by atoms with Crippen molar-refractivity contribution in [3.05, 3.63) is 51.8 Å². The van der Waals surface area contributed by atoms with Crippen LogP contribution < -0.4 is 11.1 Å². The van der Waals surface area contributed by atoms with E-state index < -0.39 is 5.76 Å². The van der Waals surface area contributed by atoms with E-state index in [1.807, 2.05) is 26.8 Å². The van der Waals surface area contributed by atoms with Crippen molar-refractivity contribution in [1.82, 2.24) is 14.5 Å². The van der Waals surface area contributed by atoms with Crippen LogP contribution in [-0.4, -0.2) is 20.4 Å². The van der Waals surface area contributed by atoms with Gasteiger partial charge < -0.3 is 4.42 Å². The Morgan fingerprint density at radius 3 is 2.57 bits per heavy atom. The zero-order valence-electron chi connectivity index (χ0n) is 13.1. The molecular formula is C16H16N4O3. The molecule has 1 N–H and O–H groups in total. The Morgan fingerprint density at radius 2 is 1.91 bits per heavy atom. The molecule has 0 atom stereocenters. The molecular weight excluding hydrogens is 296 g/mol. The van der Waals surface area contributed by atoms with Crippen LogP contribution in [0, 0.1) is 13.8 Å². The highest BCUT2D eigenvalue weighted by Crippen LogP contribution is 2.16. The minimum Gasteiger partial charge on any atom is -0.408 e. The number of hydrogen-bond acceptors (Lipinski definition) is 5. The maximum Gasteiger partial charge on any atom is 0.419 e. The van der Waals surface area contributed by atoms with Gasteiger partial charge in [0.15, 0.2) is 5.58 Å². The van der Waals surface area contributed by atoms with Gasteiger partial charge in [0, 0.05) is 23.5 Å². The summed E-state index contributed by atoms with van der Waals surface area (Å²) in [5.41, 5.74) is 3.00. The maximum absolute atomic E-state index is 12.4. The number of amides is 1. The third-order valence-corrected chi connectivity index (χ3v) is 3.45. The van der Waals surface area contributed by atoms with E-state index >= 15 is 0 Å². The topological polar surface area (TPSA) is 90.0 Å². The number of fused-ring (bicyclic) bond motifs is 1. The predicted octanol–water partition coefficient (Wildman–Crippen LogP) is 2.27. The predicted molar refractivity (Wildman–Crippen MR) is 85.6 cm³/mol. The van der Waals surface area contributed by atoms with Crippen molar-refractivity contribution in [2.75, 3.05) is 5.32 Å². The lowest BCUT2D eigenvalue weighted by molar-refractivity contribution is 0.102. The number of aryl methyl sites for hydroxylation is 3. The van der Waals surface area contributed by atoms with Gasteiger partial charge in [0.1, 0.15) is 0 Å². The quantitative estimate of drug-likeness (QED) is 0.801. The van der Waals surface area contributed by atoms with Crippen LogP contribution in [0.2, 0.25) is 0 Å². The van der Waals surface area contributed by atoms with Crippen molar-refractivity contribution in [2.45, 2.75) is 27.3 Å². The van der Waals surface area contributed by atoms with Crippen LogP contribution in [0.1, 0.15) is 28.7 Å². The van der Waals surface area contributed by atoms with Crippen LogP contribution in [0.25, 0.3) is 11.1 Å². The monoisotopic (exact) mass is 312 g/mol. The molecule has 0 aliphatic rings. The fourth-order valence-electron chi connectivity index (χ4n) is 2.46. The third kappa shape index (κ3) is 2.85. The Bertz CT molecular complexity index is 935. The van der Waals surface area contributed by atoms with Crippen molar-refractivity contribution in [3.63, 3.8) is 0 Å². The highest BCUT2D eigenvalue weighted by Gasteiger charge is 2.13. The Morgan fingerprint density at radius 1 is 1.22 bits per heavy atom. The number of aromatic nitrogens is 3. The summed E-state index contributed by atoms with van der Waals surface area (Å²) in [6.07, 6.45) is 0. The van der Waals surface area contributed by atoms with Gasteiger partial charge in [0.25, 0.3) is 5.91 Å². The Hall–Kier alpha value is -2.96. The molecule has 3 aromatic rings. The van der Waals surface area contributed by atoms with E-state index in [9.17, 15) is 9.59 Å². The number of nitrogens with zero attached hydrogens (tertiary/aromatic N) is 3. The van der Waals surface area contributed by atoms with Crippen LogP contribution in [0.4, 0.5) is 5.95 Å². The fraction of sp³-hybridized carbons (Fsp3) is 0.250. The SMILES string of the molecule is CCn1c(=O)oc2ccc(C(=O)Nc3nc(C)cc(C)n3)cc21. The molecule has 2 heterocycles. The fourth-order valence-corrected chi connectivity index (χ4v) is 2.46. The molecule has 0 aliphatic carbocycles. The molecule has 1 aromatic carbocycles. The summed E-state index contributed by atoms with van der Waals surface area (Å²) in [7, 11) is 0. The summed E-state index contributed by atoms with van der Waals surface area (Å²) in [5, 5.41) is 2.67. The number of nitrogens with one attached hydrogen (secondary N) is 1. The highest BCUT2D eigenvalue weighted by atomic mass is 16.4. The van der Waals surface area contributed by atoms with Crippen LogP contribution in [-0.2, 0) is 6.54 Å². The lowest BCUT2D eigenvalue weighted by Crippen LogP contribution is -2.15. The Balaban J connectivity index is 1.96. The molecule has 118 valence electrons. The first-order valence-electron chi connectivity index (χ1n) is 7.25. The molecule has 7 nitrogen and oxygen atoms in total. The van der Waals surface area contributed by atoms with Gasteiger partial charge in [0.05, 0.1) is 5.52 Å². The van der Waals surface area contributed by atoms with Crippen molar-refractivity contribution in [2.24, 2.45) is 0 Å². The van der Waals surface area contributed by atoms with E-state index in [0.29, 0.717) is 23.2 Å². The van der Waals surface area contributed by atoms with Crippen molar-refractivity contribution in [3.8, 4) is 0 Å². The molecule has 3 rings (SSSR count). The molecule has 1 amide bonds. The Labute approximate surface area is 132 Å². The standard InChI is InChI=1S/C16H16N4O3/c1-4-20-12-8-11(5-6-13(12)23-16(20)22)14(21)19-15-17-9(2)7-10(3)18-15/h5-8H,4H2,1-3H3,(H,17,18,19,21). The zero-order valence-corrected chi connectivity index (χ0v) is 13.1. The van der Waals surface area contributed by atoms with Gasteiger partial charge in [-0.15, -0.1) is 0 Å². The van der Waals surface area contributed by atoms with Gasteiger partial charge in [-0.2, -0.15) is 0 Å². The van der Waals surface area contributed by atoms with E-state index in [1.165, 1.54) is 4.57 Å². The van der Waals surface area contributed by atoms with Crippen molar-refractivity contribution < 1.29 is 9.21 Å². The van der Waals surface area contributed by atoms with E-state index in [0.717, 1.165) is 11.4 Å². The zero-order chi connectivity index (χ0) is 16.6. The highest BCUT2D eigenvalue weighted by molar-refractivity contribution is 6.05. The summed E-state index contributed by atoms with van der Waals surface area (Å²) >= 11 is 0. The molecule has 0 unspecified atom stereocenters. The average molecular weight is 312 g/mol. The third-order valence-electron chi connectivity index (χ3n) is 3.45. The minimum absolute atomic E-state index is 0.257. The molecule has 0 saturated carbocycles. The van der Waals surface area contributed by atoms with Gasteiger partial charge in [-0.1, -0.05) is 0 Å². The number of carbonyl (C=O) groups is 1. The first kappa shape index (κ1) is 15.0. The normalized spacial score (nSPS) is 10.9. The lowest BCUT2D eigenvalue weighted by Gasteiger charge is -2.06. The van der Waals surface area contributed by atoms with Crippen LogP contribution in [0.15, 0.2) is 33.5 Å². The lowest BCUT2D eigenvalue weighted by atomic mass is 10.2. The molecule has 0 aliphatic heterocycles. The first-order chi connectivity index (χ1) is 11.0. The molecule has 0 radical (unpaired) electrons. The smallest absolute Gasteiger partial charge is 0.408 e. The van der Waals surface area contributed by atoms with Gasteiger partial charge >= 0.3 is 5.76 Å². The molecule has 0 fully saturated rings. The molecule has 23 heavy (non-hydrogen) atoms.